The summed E-state index contributed by atoms with van der Waals surface area (Å²) in [4.78, 5) is 37.9. The molecule has 1 aromatic carbocycles. The van der Waals surface area contributed by atoms with Gasteiger partial charge in [-0.1, -0.05) is 29.6 Å². The van der Waals surface area contributed by atoms with Gasteiger partial charge in [0.25, 0.3) is 11.5 Å². The molecule has 4 aromatic rings. The predicted molar refractivity (Wildman–Crippen MR) is 164 cm³/mol. The second-order valence-electron chi connectivity index (χ2n) is 11.2. The van der Waals surface area contributed by atoms with Gasteiger partial charge in [-0.3, -0.25) is 23.6 Å². The Labute approximate surface area is 251 Å². The monoisotopic (exact) mass is 610 g/mol. The van der Waals surface area contributed by atoms with Crippen LogP contribution >= 0.6 is 23.5 Å². The molecule has 10 nitrogen and oxygen atoms in total. The van der Waals surface area contributed by atoms with Crippen LogP contribution in [0.2, 0.25) is 5.15 Å². The van der Waals surface area contributed by atoms with E-state index < -0.39 is 0 Å². The van der Waals surface area contributed by atoms with Gasteiger partial charge in [-0.05, 0) is 56.4 Å². The average molecular weight is 611 g/mol. The van der Waals surface area contributed by atoms with E-state index in [0.717, 1.165) is 24.0 Å². The van der Waals surface area contributed by atoms with Gasteiger partial charge in [0.15, 0.2) is 11.5 Å². The molecule has 4 unspecified atom stereocenters. The number of rotatable bonds is 7. The van der Waals surface area contributed by atoms with Crippen LogP contribution in [0.3, 0.4) is 0 Å². The van der Waals surface area contributed by atoms with Crippen molar-refractivity contribution in [2.24, 2.45) is 20.0 Å². The Morgan fingerprint density at radius 2 is 2.00 bits per heavy atom. The second kappa shape index (κ2) is 10.9. The van der Waals surface area contributed by atoms with Crippen molar-refractivity contribution < 1.29 is 9.18 Å². The number of fused-ring (bicyclic) bond motifs is 3. The van der Waals surface area contributed by atoms with Gasteiger partial charge in [0.2, 0.25) is 5.95 Å². The Morgan fingerprint density at radius 3 is 2.67 bits per heavy atom. The van der Waals surface area contributed by atoms with Gasteiger partial charge < -0.3 is 10.2 Å². The lowest BCUT2D eigenvalue weighted by Crippen LogP contribution is -2.39. The molecule has 42 heavy (non-hydrogen) atoms. The van der Waals surface area contributed by atoms with Crippen LogP contribution in [0.25, 0.3) is 10.9 Å². The smallest absolute Gasteiger partial charge is 0.281 e. The van der Waals surface area contributed by atoms with Gasteiger partial charge in [-0.15, -0.1) is 0 Å². The summed E-state index contributed by atoms with van der Waals surface area (Å²) >= 11 is 7.28. The average Bonchev–Trinajstić information content (AvgIpc) is 3.65. The summed E-state index contributed by atoms with van der Waals surface area (Å²) in [6.45, 7) is 4.58. The summed E-state index contributed by atoms with van der Waals surface area (Å²) in [5.74, 6) is 0.261. The first-order chi connectivity index (χ1) is 20.0. The van der Waals surface area contributed by atoms with Crippen molar-refractivity contribution in [3.8, 4) is 0 Å². The molecule has 13 heteroatoms. The number of aromatic nitrogens is 5. The van der Waals surface area contributed by atoms with Crippen LogP contribution in [0, 0.1) is 18.7 Å². The van der Waals surface area contributed by atoms with Crippen LogP contribution in [0.15, 0.2) is 35.3 Å². The first-order valence-electron chi connectivity index (χ1n) is 13.8. The molecular formula is C29H32ClFN8O2S. The number of piperidine rings is 1. The minimum atomic E-state index is -0.365. The molecule has 2 bridgehead atoms. The van der Waals surface area contributed by atoms with Gasteiger partial charge in [-0.25, -0.2) is 14.4 Å². The molecule has 3 aromatic heterocycles. The van der Waals surface area contributed by atoms with Crippen LogP contribution in [-0.4, -0.2) is 49.1 Å². The zero-order chi connectivity index (χ0) is 29.9. The van der Waals surface area contributed by atoms with E-state index in [2.05, 4.69) is 25.0 Å². The third-order valence-electron chi connectivity index (χ3n) is 8.40. The molecule has 4 atom stereocenters. The fraction of sp³-hybridized carbons (Fsp3) is 0.414. The first-order valence-corrected chi connectivity index (χ1v) is 15.4. The van der Waals surface area contributed by atoms with E-state index in [-0.39, 0.29) is 52.1 Å². The van der Waals surface area contributed by atoms with Crippen molar-refractivity contribution in [2.75, 3.05) is 23.0 Å². The molecule has 1 saturated carbocycles. The summed E-state index contributed by atoms with van der Waals surface area (Å²) in [7, 11) is 3.49. The van der Waals surface area contributed by atoms with Gasteiger partial charge in [0.1, 0.15) is 10.8 Å². The SMILES string of the molecule is CSNC(=O)c1nc(Cl)ccc1NC(C)c1cc(C)cc2c(=O)n(C)c(N3CC4CC3CC4c3nn(C)cc3F)nc12. The largest absolute Gasteiger partial charge is 0.377 e. The summed E-state index contributed by atoms with van der Waals surface area (Å²) < 4.78 is 20.4. The van der Waals surface area contributed by atoms with E-state index in [1.165, 1.54) is 22.8 Å². The molecule has 6 rings (SSSR count). The molecule has 0 spiro atoms. The number of aryl methyl sites for hydroxylation is 2. The van der Waals surface area contributed by atoms with E-state index >= 15 is 0 Å². The fourth-order valence-corrected chi connectivity index (χ4v) is 7.00. The quantitative estimate of drug-likeness (QED) is 0.228. The number of anilines is 2. The Morgan fingerprint density at radius 1 is 1.21 bits per heavy atom. The van der Waals surface area contributed by atoms with E-state index in [0.29, 0.717) is 34.8 Å². The molecule has 2 N–H and O–H groups in total. The predicted octanol–water partition coefficient (Wildman–Crippen LogP) is 4.73. The van der Waals surface area contributed by atoms with Crippen molar-refractivity contribution in [3.63, 3.8) is 0 Å². The maximum Gasteiger partial charge on any atom is 0.281 e. The van der Waals surface area contributed by atoms with Gasteiger partial charge in [-0.2, -0.15) is 5.10 Å². The molecular weight excluding hydrogens is 579 g/mol. The molecule has 220 valence electrons. The number of carbonyl (C=O) groups excluding carboxylic acids is 1. The molecule has 1 aliphatic heterocycles. The Balaban J connectivity index is 1.36. The highest BCUT2D eigenvalue weighted by molar-refractivity contribution is 7.97. The number of nitrogens with zero attached hydrogens (tertiary/aromatic N) is 6. The zero-order valence-electron chi connectivity index (χ0n) is 24.0. The maximum absolute atomic E-state index is 14.5. The van der Waals surface area contributed by atoms with Gasteiger partial charge in [0, 0.05) is 44.4 Å². The van der Waals surface area contributed by atoms with E-state index in [1.807, 2.05) is 26.0 Å². The number of nitrogens with one attached hydrogen (secondary N) is 2. The lowest BCUT2D eigenvalue weighted by atomic mass is 9.91. The number of benzene rings is 1. The lowest BCUT2D eigenvalue weighted by molar-refractivity contribution is 0.0980. The minimum absolute atomic E-state index is 0.0536. The van der Waals surface area contributed by atoms with Crippen molar-refractivity contribution in [1.82, 2.24) is 29.0 Å². The molecule has 4 heterocycles. The Bertz CT molecular complexity index is 1770. The fourth-order valence-electron chi connectivity index (χ4n) is 6.57. The van der Waals surface area contributed by atoms with Crippen molar-refractivity contribution >= 4 is 52.0 Å². The molecule has 1 aliphatic carbocycles. The summed E-state index contributed by atoms with van der Waals surface area (Å²) in [5.41, 5.74) is 3.45. The zero-order valence-corrected chi connectivity index (χ0v) is 25.6. The van der Waals surface area contributed by atoms with Crippen LogP contribution in [0.4, 0.5) is 16.0 Å². The topological polar surface area (TPSA) is 110 Å². The van der Waals surface area contributed by atoms with Crippen LogP contribution in [0.1, 0.15) is 59.0 Å². The van der Waals surface area contributed by atoms with Crippen LogP contribution in [-0.2, 0) is 14.1 Å². The Hall–Kier alpha value is -3.64. The first kappa shape index (κ1) is 28.5. The van der Waals surface area contributed by atoms with E-state index in [1.54, 1.807) is 37.1 Å². The lowest BCUT2D eigenvalue weighted by Gasteiger charge is -2.33. The highest BCUT2D eigenvalue weighted by Gasteiger charge is 2.48. The minimum Gasteiger partial charge on any atom is -0.377 e. The molecule has 2 fully saturated rings. The number of halogens is 2. The van der Waals surface area contributed by atoms with Crippen LogP contribution < -0.4 is 20.5 Å². The second-order valence-corrected chi connectivity index (χ2v) is 12.2. The summed E-state index contributed by atoms with van der Waals surface area (Å²) in [5, 5.41) is 8.53. The van der Waals surface area contributed by atoms with E-state index in [4.69, 9.17) is 16.6 Å². The third kappa shape index (κ3) is 4.90. The van der Waals surface area contributed by atoms with Gasteiger partial charge in [0.05, 0.1) is 28.8 Å². The number of pyridine rings is 1. The van der Waals surface area contributed by atoms with Crippen molar-refractivity contribution in [2.45, 2.75) is 44.7 Å². The van der Waals surface area contributed by atoms with Gasteiger partial charge >= 0.3 is 0 Å². The summed E-state index contributed by atoms with van der Waals surface area (Å²) in [6, 6.07) is 7.03. The normalized spacial score (nSPS) is 20.4. The molecule has 2 aliphatic rings. The number of amides is 1. The third-order valence-corrected chi connectivity index (χ3v) is 9.00. The Kier molecular flexibility index (Phi) is 7.38. The summed E-state index contributed by atoms with van der Waals surface area (Å²) in [6.07, 6.45) is 4.84. The number of hydrogen-bond donors (Lipinski definition) is 2. The molecule has 0 radical (unpaired) electrons. The van der Waals surface area contributed by atoms with Crippen molar-refractivity contribution in [1.29, 1.82) is 0 Å². The maximum atomic E-state index is 14.5. The molecule has 1 saturated heterocycles. The number of hydrogen-bond acceptors (Lipinski definition) is 8. The highest BCUT2D eigenvalue weighted by atomic mass is 35.5. The van der Waals surface area contributed by atoms with Crippen LogP contribution in [0.5, 0.6) is 0 Å². The highest BCUT2D eigenvalue weighted by Crippen LogP contribution is 2.48. The van der Waals surface area contributed by atoms with E-state index in [9.17, 15) is 14.0 Å². The molecule has 1 amide bonds. The number of carbonyl (C=O) groups is 1. The standard InChI is InChI=1S/C29H32ClFN8O2S/c1-14-8-18(15(2)32-22-6-7-23(30)33-26(22)27(40)36-42-5)24-20(9-14)28(41)38(4)29(34-24)39-12-16-10-17(39)11-19(16)25-21(31)13-37(3)35-25/h6-9,13,15-17,19,32H,10-12H2,1-5H3,(H,36,40). The van der Waals surface area contributed by atoms with Crippen molar-refractivity contribution in [3.05, 3.63) is 74.3 Å².